The van der Waals surface area contributed by atoms with E-state index in [2.05, 4.69) is 26.2 Å². The van der Waals surface area contributed by atoms with Gasteiger partial charge in [-0.15, -0.1) is 0 Å². The zero-order chi connectivity index (χ0) is 13.6. The first-order valence-electron chi connectivity index (χ1n) is 7.17. The lowest BCUT2D eigenvalue weighted by Crippen LogP contribution is -2.59. The SMILES string of the molecule is CCOCC(NN)C1(OCC)CCC(C)(C)CC1. The monoisotopic (exact) mass is 258 g/mol. The largest absolute Gasteiger partial charge is 0.380 e. The summed E-state index contributed by atoms with van der Waals surface area (Å²) in [5.41, 5.74) is 3.17. The third-order valence-corrected chi connectivity index (χ3v) is 4.21. The van der Waals surface area contributed by atoms with Crippen LogP contribution in [0.25, 0.3) is 0 Å². The number of hydrogen-bond acceptors (Lipinski definition) is 4. The molecule has 0 aromatic carbocycles. The Bertz CT molecular complexity index is 234. The van der Waals surface area contributed by atoms with E-state index < -0.39 is 0 Å². The van der Waals surface area contributed by atoms with E-state index in [1.165, 1.54) is 12.8 Å². The van der Waals surface area contributed by atoms with Gasteiger partial charge in [0.1, 0.15) is 0 Å². The summed E-state index contributed by atoms with van der Waals surface area (Å²) in [4.78, 5) is 0. The molecule has 0 aliphatic heterocycles. The van der Waals surface area contributed by atoms with Crippen molar-refractivity contribution in [1.29, 1.82) is 0 Å². The van der Waals surface area contributed by atoms with E-state index in [-0.39, 0.29) is 11.6 Å². The predicted molar refractivity (Wildman–Crippen MR) is 74.2 cm³/mol. The van der Waals surface area contributed by atoms with Crippen LogP contribution < -0.4 is 11.3 Å². The van der Waals surface area contributed by atoms with E-state index in [1.807, 2.05) is 6.92 Å². The third-order valence-electron chi connectivity index (χ3n) is 4.21. The molecule has 0 aromatic heterocycles. The smallest absolute Gasteiger partial charge is 0.0870 e. The fraction of sp³-hybridized carbons (Fsp3) is 1.00. The van der Waals surface area contributed by atoms with Crippen molar-refractivity contribution in [3.8, 4) is 0 Å². The predicted octanol–water partition coefficient (Wildman–Crippen LogP) is 2.23. The van der Waals surface area contributed by atoms with Crippen molar-refractivity contribution >= 4 is 0 Å². The molecule has 1 aliphatic rings. The molecule has 1 unspecified atom stereocenters. The van der Waals surface area contributed by atoms with Gasteiger partial charge < -0.3 is 9.47 Å². The van der Waals surface area contributed by atoms with Gasteiger partial charge in [0, 0.05) is 13.2 Å². The average Bonchev–Trinajstić information content (AvgIpc) is 2.34. The summed E-state index contributed by atoms with van der Waals surface area (Å²) in [6.45, 7) is 10.8. The second kappa shape index (κ2) is 6.85. The van der Waals surface area contributed by atoms with E-state index in [4.69, 9.17) is 15.3 Å². The van der Waals surface area contributed by atoms with Gasteiger partial charge in [0.2, 0.25) is 0 Å². The van der Waals surface area contributed by atoms with E-state index in [9.17, 15) is 0 Å². The summed E-state index contributed by atoms with van der Waals surface area (Å²) in [7, 11) is 0. The van der Waals surface area contributed by atoms with Crippen LogP contribution in [0.5, 0.6) is 0 Å². The Kier molecular flexibility index (Phi) is 6.05. The van der Waals surface area contributed by atoms with Crippen LogP contribution in [-0.4, -0.2) is 31.5 Å². The average molecular weight is 258 g/mol. The van der Waals surface area contributed by atoms with Crippen molar-refractivity contribution in [2.45, 2.75) is 65.0 Å². The van der Waals surface area contributed by atoms with Crippen LogP contribution >= 0.6 is 0 Å². The van der Waals surface area contributed by atoms with Crippen LogP contribution in [0.2, 0.25) is 0 Å². The molecule has 4 nitrogen and oxygen atoms in total. The minimum absolute atomic E-state index is 0.0773. The Hall–Kier alpha value is -0.160. The molecule has 1 saturated carbocycles. The van der Waals surface area contributed by atoms with Crippen LogP contribution in [0.4, 0.5) is 0 Å². The number of nitrogens with one attached hydrogen (secondary N) is 1. The van der Waals surface area contributed by atoms with Crippen molar-refractivity contribution in [1.82, 2.24) is 5.43 Å². The van der Waals surface area contributed by atoms with Gasteiger partial charge in [0.25, 0.3) is 0 Å². The molecule has 18 heavy (non-hydrogen) atoms. The maximum Gasteiger partial charge on any atom is 0.0870 e. The summed E-state index contributed by atoms with van der Waals surface area (Å²) in [5, 5.41) is 0. The van der Waals surface area contributed by atoms with E-state index in [1.54, 1.807) is 0 Å². The molecule has 0 spiro atoms. The summed E-state index contributed by atoms with van der Waals surface area (Å²) >= 11 is 0. The summed E-state index contributed by atoms with van der Waals surface area (Å²) in [6, 6.07) is 0.0773. The van der Waals surface area contributed by atoms with Gasteiger partial charge in [-0.25, -0.2) is 0 Å². The van der Waals surface area contributed by atoms with Gasteiger partial charge in [0.15, 0.2) is 0 Å². The lowest BCUT2D eigenvalue weighted by molar-refractivity contribution is -0.119. The molecule has 108 valence electrons. The molecule has 3 N–H and O–H groups in total. The highest BCUT2D eigenvalue weighted by Gasteiger charge is 2.44. The quantitative estimate of drug-likeness (QED) is 0.543. The number of hydrazine groups is 1. The Morgan fingerprint density at radius 1 is 1.11 bits per heavy atom. The van der Waals surface area contributed by atoms with Crippen LogP contribution in [0.1, 0.15) is 53.4 Å². The molecule has 0 aromatic rings. The molecule has 1 fully saturated rings. The van der Waals surface area contributed by atoms with Gasteiger partial charge in [-0.3, -0.25) is 11.3 Å². The first kappa shape index (κ1) is 15.9. The number of rotatable bonds is 7. The van der Waals surface area contributed by atoms with Crippen molar-refractivity contribution in [2.75, 3.05) is 19.8 Å². The molecule has 0 amide bonds. The fourth-order valence-corrected chi connectivity index (χ4v) is 2.82. The minimum atomic E-state index is -0.159. The van der Waals surface area contributed by atoms with Gasteiger partial charge in [-0.05, 0) is 44.9 Å². The molecule has 1 rings (SSSR count). The van der Waals surface area contributed by atoms with Crippen molar-refractivity contribution in [3.05, 3.63) is 0 Å². The Balaban J connectivity index is 2.72. The Labute approximate surface area is 112 Å². The van der Waals surface area contributed by atoms with Crippen LogP contribution in [0.15, 0.2) is 0 Å². The van der Waals surface area contributed by atoms with Crippen LogP contribution in [0, 0.1) is 5.41 Å². The highest BCUT2D eigenvalue weighted by atomic mass is 16.5. The van der Waals surface area contributed by atoms with Crippen LogP contribution in [0.3, 0.4) is 0 Å². The molecular formula is C14H30N2O2. The maximum atomic E-state index is 6.09. The van der Waals surface area contributed by atoms with Gasteiger partial charge in [-0.1, -0.05) is 13.8 Å². The summed E-state index contributed by atoms with van der Waals surface area (Å²) < 4.78 is 11.6. The second-order valence-electron chi connectivity index (χ2n) is 6.04. The van der Waals surface area contributed by atoms with Crippen LogP contribution in [-0.2, 0) is 9.47 Å². The summed E-state index contributed by atoms with van der Waals surface area (Å²) in [5.74, 6) is 5.72. The number of ether oxygens (including phenoxy) is 2. The highest BCUT2D eigenvalue weighted by molar-refractivity contribution is 4.98. The molecule has 4 heteroatoms. The first-order chi connectivity index (χ1) is 8.49. The van der Waals surface area contributed by atoms with Crippen molar-refractivity contribution < 1.29 is 9.47 Å². The molecule has 0 saturated heterocycles. The van der Waals surface area contributed by atoms with E-state index >= 15 is 0 Å². The minimum Gasteiger partial charge on any atom is -0.380 e. The Morgan fingerprint density at radius 3 is 2.17 bits per heavy atom. The second-order valence-corrected chi connectivity index (χ2v) is 6.04. The molecular weight excluding hydrogens is 228 g/mol. The van der Waals surface area contributed by atoms with Crippen molar-refractivity contribution in [2.24, 2.45) is 11.3 Å². The highest BCUT2D eigenvalue weighted by Crippen LogP contribution is 2.43. The number of hydrogen-bond donors (Lipinski definition) is 2. The lowest BCUT2D eigenvalue weighted by Gasteiger charge is -2.47. The first-order valence-corrected chi connectivity index (χ1v) is 7.17. The zero-order valence-electron chi connectivity index (χ0n) is 12.4. The van der Waals surface area contributed by atoms with E-state index in [0.717, 1.165) is 19.4 Å². The molecule has 0 heterocycles. The Morgan fingerprint density at radius 2 is 1.72 bits per heavy atom. The van der Waals surface area contributed by atoms with Gasteiger partial charge >= 0.3 is 0 Å². The molecule has 1 aliphatic carbocycles. The molecule has 0 radical (unpaired) electrons. The van der Waals surface area contributed by atoms with Crippen molar-refractivity contribution in [3.63, 3.8) is 0 Å². The van der Waals surface area contributed by atoms with Gasteiger partial charge in [0.05, 0.1) is 18.2 Å². The zero-order valence-corrected chi connectivity index (χ0v) is 12.4. The lowest BCUT2D eigenvalue weighted by atomic mass is 9.68. The van der Waals surface area contributed by atoms with E-state index in [0.29, 0.717) is 18.6 Å². The molecule has 0 bridgehead atoms. The molecule has 1 atom stereocenters. The summed E-state index contributed by atoms with van der Waals surface area (Å²) in [6.07, 6.45) is 4.46. The van der Waals surface area contributed by atoms with Gasteiger partial charge in [-0.2, -0.15) is 0 Å². The topological polar surface area (TPSA) is 56.5 Å². The fourth-order valence-electron chi connectivity index (χ4n) is 2.82. The third kappa shape index (κ3) is 3.92. The standard InChI is InChI=1S/C14H30N2O2/c1-5-17-11-12(16-15)14(18-6-2)9-7-13(3,4)8-10-14/h12,16H,5-11,15H2,1-4H3. The normalized spacial score (nSPS) is 23.8. The number of nitrogens with two attached hydrogens (primary N) is 1. The maximum absolute atomic E-state index is 6.09.